The first kappa shape index (κ1) is 16.3. The van der Waals surface area contributed by atoms with Crippen molar-refractivity contribution in [2.75, 3.05) is 11.5 Å². The van der Waals surface area contributed by atoms with Crippen molar-refractivity contribution in [2.45, 2.75) is 17.6 Å². The number of H-pyrrole nitrogens is 1. The molecule has 0 saturated heterocycles. The zero-order chi connectivity index (χ0) is 17.2. The van der Waals surface area contributed by atoms with Crippen LogP contribution < -0.4 is 5.73 Å². The van der Waals surface area contributed by atoms with Gasteiger partial charge in [-0.3, -0.25) is 4.79 Å². The van der Waals surface area contributed by atoms with Crippen molar-refractivity contribution in [3.05, 3.63) is 44.8 Å². The van der Waals surface area contributed by atoms with Crippen LogP contribution in [0, 0.1) is 0 Å². The Bertz CT molecular complexity index is 886. The molecule has 0 unspecified atom stereocenters. The summed E-state index contributed by atoms with van der Waals surface area (Å²) in [6.07, 6.45) is 0.727. The summed E-state index contributed by atoms with van der Waals surface area (Å²) in [7, 11) is 0. The molecule has 1 aliphatic heterocycles. The number of anilines is 1. The summed E-state index contributed by atoms with van der Waals surface area (Å²) in [6.45, 7) is 0. The second kappa shape index (κ2) is 6.98. The quantitative estimate of drug-likeness (QED) is 0.652. The maximum atomic E-state index is 12.8. The zero-order valence-electron chi connectivity index (χ0n) is 13.0. The van der Waals surface area contributed by atoms with Gasteiger partial charge in [0, 0.05) is 11.3 Å². The number of thioether (sulfide) groups is 1. The van der Waals surface area contributed by atoms with Crippen LogP contribution >= 0.6 is 34.4 Å². The van der Waals surface area contributed by atoms with Gasteiger partial charge in [0.15, 0.2) is 0 Å². The zero-order valence-corrected chi connectivity index (χ0v) is 15.4. The summed E-state index contributed by atoms with van der Waals surface area (Å²) in [4.78, 5) is 19.0. The normalized spacial score (nSPS) is 17.0. The molecule has 4 rings (SSSR count). The van der Waals surface area contributed by atoms with E-state index in [1.807, 2.05) is 35.0 Å². The van der Waals surface area contributed by atoms with E-state index in [1.165, 1.54) is 11.8 Å². The summed E-state index contributed by atoms with van der Waals surface area (Å²) < 4.78 is 0. The number of rotatable bonds is 5. The van der Waals surface area contributed by atoms with Crippen molar-refractivity contribution in [2.24, 2.45) is 5.10 Å². The standard InChI is InChI=1S/C15H14N6OS3/c16-14-17-15(19-18-14)25-8-13(22)21-10(12-4-2-6-24-12)7-9(20-21)11-3-1-5-23-11/h1-6,10H,7-8H2,(H3,16,17,18,19)/t10-/m0/s1. The monoisotopic (exact) mass is 390 g/mol. The van der Waals surface area contributed by atoms with E-state index in [0.29, 0.717) is 5.16 Å². The highest BCUT2D eigenvalue weighted by atomic mass is 32.2. The predicted molar refractivity (Wildman–Crippen MR) is 101 cm³/mol. The maximum absolute atomic E-state index is 12.8. The topological polar surface area (TPSA) is 100 Å². The first-order valence-corrected chi connectivity index (χ1v) is 10.2. The highest BCUT2D eigenvalue weighted by Gasteiger charge is 2.34. The van der Waals surface area contributed by atoms with Gasteiger partial charge in [0.25, 0.3) is 5.91 Å². The van der Waals surface area contributed by atoms with Gasteiger partial charge >= 0.3 is 0 Å². The van der Waals surface area contributed by atoms with Crippen LogP contribution in [0.1, 0.15) is 22.2 Å². The lowest BCUT2D eigenvalue weighted by molar-refractivity contribution is -0.130. The van der Waals surface area contributed by atoms with Gasteiger partial charge in [-0.15, -0.1) is 27.8 Å². The minimum absolute atomic E-state index is 0.0533. The number of hydrogen-bond donors (Lipinski definition) is 2. The van der Waals surface area contributed by atoms with Crippen LogP contribution in [0.25, 0.3) is 0 Å². The van der Waals surface area contributed by atoms with Gasteiger partial charge < -0.3 is 5.73 Å². The number of aromatic amines is 1. The minimum Gasteiger partial charge on any atom is -0.368 e. The fourth-order valence-corrected chi connectivity index (χ4v) is 4.74. The summed E-state index contributed by atoms with van der Waals surface area (Å²) in [5.74, 6) is 0.379. The Kier molecular flexibility index (Phi) is 4.55. The molecule has 3 N–H and O–H groups in total. The van der Waals surface area contributed by atoms with Crippen molar-refractivity contribution >= 4 is 52.0 Å². The third-order valence-electron chi connectivity index (χ3n) is 3.65. The molecule has 10 heteroatoms. The number of amides is 1. The van der Waals surface area contributed by atoms with E-state index >= 15 is 0 Å². The lowest BCUT2D eigenvalue weighted by atomic mass is 10.1. The van der Waals surface area contributed by atoms with E-state index in [2.05, 4.69) is 20.3 Å². The number of carbonyl (C=O) groups is 1. The average molecular weight is 391 g/mol. The van der Waals surface area contributed by atoms with Crippen LogP contribution in [-0.2, 0) is 4.79 Å². The molecule has 0 bridgehead atoms. The van der Waals surface area contributed by atoms with Gasteiger partial charge in [-0.25, -0.2) is 10.1 Å². The number of nitrogens with one attached hydrogen (secondary N) is 1. The average Bonchev–Trinajstić information content (AvgIpc) is 3.38. The molecule has 4 heterocycles. The predicted octanol–water partition coefficient (Wildman–Crippen LogP) is 2.98. The fraction of sp³-hybridized carbons (Fsp3) is 0.200. The Balaban J connectivity index is 1.53. The smallest absolute Gasteiger partial charge is 0.253 e. The number of carbonyl (C=O) groups excluding carboxylic acids is 1. The van der Waals surface area contributed by atoms with Gasteiger partial charge in [-0.05, 0) is 22.9 Å². The largest absolute Gasteiger partial charge is 0.368 e. The second-order valence-electron chi connectivity index (χ2n) is 5.29. The van der Waals surface area contributed by atoms with Crippen molar-refractivity contribution in [3.63, 3.8) is 0 Å². The maximum Gasteiger partial charge on any atom is 0.253 e. The third kappa shape index (κ3) is 3.46. The van der Waals surface area contributed by atoms with Crippen molar-refractivity contribution in [1.29, 1.82) is 0 Å². The second-order valence-corrected chi connectivity index (χ2v) is 8.16. The lowest BCUT2D eigenvalue weighted by Crippen LogP contribution is -2.28. The minimum atomic E-state index is -0.0710. The molecule has 1 atom stereocenters. The first-order valence-electron chi connectivity index (χ1n) is 7.48. The van der Waals surface area contributed by atoms with Crippen LogP contribution in [0.2, 0.25) is 0 Å². The van der Waals surface area contributed by atoms with E-state index in [0.717, 1.165) is 21.9 Å². The molecule has 0 radical (unpaired) electrons. The van der Waals surface area contributed by atoms with Crippen LogP contribution in [-0.4, -0.2) is 37.6 Å². The summed E-state index contributed by atoms with van der Waals surface area (Å²) in [6, 6.07) is 8.02. The SMILES string of the molecule is Nc1nc(SCC(=O)N2N=C(c3cccs3)C[C@H]2c2cccs2)n[nH]1. The molecule has 0 aliphatic carbocycles. The van der Waals surface area contributed by atoms with Gasteiger partial charge in [0.2, 0.25) is 11.1 Å². The molecule has 0 saturated carbocycles. The number of thiophene rings is 2. The number of nitrogen functional groups attached to an aromatic ring is 1. The molecule has 3 aromatic rings. The number of nitrogens with two attached hydrogens (primary N) is 1. The van der Waals surface area contributed by atoms with Gasteiger partial charge in [0.05, 0.1) is 22.4 Å². The van der Waals surface area contributed by atoms with Crippen molar-refractivity contribution < 1.29 is 4.79 Å². The van der Waals surface area contributed by atoms with E-state index in [-0.39, 0.29) is 23.7 Å². The first-order chi connectivity index (χ1) is 12.2. The highest BCUT2D eigenvalue weighted by molar-refractivity contribution is 7.99. The Morgan fingerprint density at radius 3 is 2.88 bits per heavy atom. The van der Waals surface area contributed by atoms with Crippen molar-refractivity contribution in [3.8, 4) is 0 Å². The Morgan fingerprint density at radius 1 is 1.36 bits per heavy atom. The van der Waals surface area contributed by atoms with Gasteiger partial charge in [-0.1, -0.05) is 23.9 Å². The van der Waals surface area contributed by atoms with E-state index in [1.54, 1.807) is 27.7 Å². The molecular weight excluding hydrogens is 376 g/mol. The van der Waals surface area contributed by atoms with E-state index in [9.17, 15) is 4.79 Å². The Morgan fingerprint density at radius 2 is 2.20 bits per heavy atom. The lowest BCUT2D eigenvalue weighted by Gasteiger charge is -2.20. The highest BCUT2D eigenvalue weighted by Crippen LogP contribution is 2.36. The van der Waals surface area contributed by atoms with Crippen LogP contribution in [0.3, 0.4) is 0 Å². The van der Waals surface area contributed by atoms with Crippen LogP contribution in [0.4, 0.5) is 5.95 Å². The molecule has 0 spiro atoms. The molecule has 1 aliphatic rings. The molecule has 7 nitrogen and oxygen atoms in total. The van der Waals surface area contributed by atoms with E-state index < -0.39 is 0 Å². The number of aromatic nitrogens is 3. The Labute approximate surface area is 156 Å². The fourth-order valence-electron chi connectivity index (χ4n) is 2.55. The summed E-state index contributed by atoms with van der Waals surface area (Å²) in [5.41, 5.74) is 6.46. The van der Waals surface area contributed by atoms with Crippen molar-refractivity contribution in [1.82, 2.24) is 20.2 Å². The van der Waals surface area contributed by atoms with Gasteiger partial charge in [-0.2, -0.15) is 10.1 Å². The molecule has 1 amide bonds. The van der Waals surface area contributed by atoms with Gasteiger partial charge in [0.1, 0.15) is 0 Å². The molecule has 0 aromatic carbocycles. The van der Waals surface area contributed by atoms with E-state index in [4.69, 9.17) is 5.73 Å². The molecule has 25 heavy (non-hydrogen) atoms. The molecule has 3 aromatic heterocycles. The van der Waals surface area contributed by atoms with Crippen LogP contribution in [0.5, 0.6) is 0 Å². The molecule has 0 fully saturated rings. The molecule has 128 valence electrons. The third-order valence-corrected chi connectivity index (χ3v) is 6.37. The molecular formula is C15H14N6OS3. The summed E-state index contributed by atoms with van der Waals surface area (Å²) >= 11 is 4.53. The Hall–Kier alpha value is -2.17. The number of hydrogen-bond acceptors (Lipinski definition) is 8. The number of hydrazone groups is 1. The summed E-state index contributed by atoms with van der Waals surface area (Å²) in [5, 5.41) is 17.2. The van der Waals surface area contributed by atoms with Crippen LogP contribution in [0.15, 0.2) is 45.3 Å². The number of nitrogens with zero attached hydrogens (tertiary/aromatic N) is 4.